The molecule has 2 aromatic heterocycles. The lowest BCUT2D eigenvalue weighted by molar-refractivity contribution is -0.118. The van der Waals surface area contributed by atoms with Crippen LogP contribution in [0.25, 0.3) is 22.2 Å². The average Bonchev–Trinajstić information content (AvgIpc) is 3.11. The number of benzene rings is 2. The number of carbonyl (C=O) groups excluding carboxylic acids is 1. The van der Waals surface area contributed by atoms with E-state index in [-0.39, 0.29) is 12.5 Å². The number of carbonyl (C=O) groups is 1. The molecule has 0 radical (unpaired) electrons. The van der Waals surface area contributed by atoms with Crippen LogP contribution >= 0.6 is 0 Å². The van der Waals surface area contributed by atoms with E-state index in [9.17, 15) is 4.79 Å². The second-order valence-electron chi connectivity index (χ2n) is 6.10. The second kappa shape index (κ2) is 6.80. The molecular weight excluding hydrogens is 324 g/mol. The molecular formula is C21H18N4O. The van der Waals surface area contributed by atoms with Gasteiger partial charge in [-0.1, -0.05) is 48.5 Å². The van der Waals surface area contributed by atoms with Gasteiger partial charge in [-0.05, 0) is 29.7 Å². The third kappa shape index (κ3) is 3.07. The molecule has 0 bridgehead atoms. The topological polar surface area (TPSA) is 51.0 Å². The van der Waals surface area contributed by atoms with Gasteiger partial charge in [0.05, 0.1) is 5.69 Å². The first-order valence-corrected chi connectivity index (χ1v) is 8.42. The molecule has 0 N–H and O–H groups in total. The lowest BCUT2D eigenvalue weighted by Crippen LogP contribution is -2.30. The zero-order chi connectivity index (χ0) is 17.9. The average molecular weight is 342 g/mol. The zero-order valence-electron chi connectivity index (χ0n) is 14.4. The minimum absolute atomic E-state index is 0.0480. The Kier molecular flexibility index (Phi) is 4.19. The van der Waals surface area contributed by atoms with E-state index in [1.165, 1.54) is 4.90 Å². The fourth-order valence-electron chi connectivity index (χ4n) is 2.93. The minimum atomic E-state index is -0.0480. The Morgan fingerprint density at radius 3 is 2.46 bits per heavy atom. The Morgan fingerprint density at radius 1 is 0.923 bits per heavy atom. The van der Waals surface area contributed by atoms with E-state index in [0.717, 1.165) is 22.2 Å². The predicted molar refractivity (Wildman–Crippen MR) is 103 cm³/mol. The third-order valence-corrected chi connectivity index (χ3v) is 4.42. The van der Waals surface area contributed by atoms with Crippen molar-refractivity contribution in [1.82, 2.24) is 14.8 Å². The van der Waals surface area contributed by atoms with Gasteiger partial charge in [-0.3, -0.25) is 9.69 Å². The molecule has 0 saturated heterocycles. The molecule has 4 rings (SSSR count). The van der Waals surface area contributed by atoms with Gasteiger partial charge in [0.2, 0.25) is 5.91 Å². The molecule has 26 heavy (non-hydrogen) atoms. The number of rotatable bonds is 4. The Balaban J connectivity index is 1.51. The van der Waals surface area contributed by atoms with Crippen molar-refractivity contribution in [2.24, 2.45) is 0 Å². The summed E-state index contributed by atoms with van der Waals surface area (Å²) in [5, 5.41) is 9.58. The monoisotopic (exact) mass is 342 g/mol. The summed E-state index contributed by atoms with van der Waals surface area (Å²) < 4.78 is 1.94. The van der Waals surface area contributed by atoms with Gasteiger partial charge in [0, 0.05) is 24.3 Å². The number of fused-ring (bicyclic) bond motifs is 1. The van der Waals surface area contributed by atoms with Crippen LogP contribution in [0.2, 0.25) is 0 Å². The molecule has 0 spiro atoms. The van der Waals surface area contributed by atoms with Crippen LogP contribution in [-0.2, 0) is 11.3 Å². The van der Waals surface area contributed by atoms with E-state index in [0.29, 0.717) is 5.82 Å². The number of amides is 1. The lowest BCUT2D eigenvalue weighted by atomic mass is 10.1. The van der Waals surface area contributed by atoms with E-state index in [2.05, 4.69) is 10.2 Å². The number of para-hydroxylation sites is 1. The highest BCUT2D eigenvalue weighted by Crippen LogP contribution is 2.19. The number of hydrogen-bond donors (Lipinski definition) is 0. The first-order chi connectivity index (χ1) is 12.7. The van der Waals surface area contributed by atoms with Crippen molar-refractivity contribution in [2.45, 2.75) is 6.54 Å². The van der Waals surface area contributed by atoms with E-state index >= 15 is 0 Å². The summed E-state index contributed by atoms with van der Waals surface area (Å²) in [5.74, 6) is 0.485. The highest BCUT2D eigenvalue weighted by molar-refractivity contribution is 5.93. The van der Waals surface area contributed by atoms with Crippen LogP contribution in [0.15, 0.2) is 79.0 Å². The molecule has 4 aromatic rings. The Morgan fingerprint density at radius 2 is 1.69 bits per heavy atom. The molecule has 5 nitrogen and oxygen atoms in total. The maximum absolute atomic E-state index is 12.6. The van der Waals surface area contributed by atoms with Crippen molar-refractivity contribution in [1.29, 1.82) is 0 Å². The maximum Gasteiger partial charge on any atom is 0.247 e. The molecule has 1 amide bonds. The van der Waals surface area contributed by atoms with E-state index < -0.39 is 0 Å². The highest BCUT2D eigenvalue weighted by atomic mass is 16.2. The van der Waals surface area contributed by atoms with Gasteiger partial charge in [-0.25, -0.2) is 0 Å². The quantitative estimate of drug-likeness (QED) is 0.567. The van der Waals surface area contributed by atoms with Crippen molar-refractivity contribution in [2.75, 3.05) is 11.9 Å². The van der Waals surface area contributed by atoms with Crippen LogP contribution in [0.1, 0.15) is 0 Å². The fourth-order valence-corrected chi connectivity index (χ4v) is 2.93. The molecule has 0 fully saturated rings. The number of aromatic nitrogens is 3. The molecule has 0 saturated carbocycles. The van der Waals surface area contributed by atoms with E-state index in [1.807, 2.05) is 83.6 Å². The van der Waals surface area contributed by atoms with Gasteiger partial charge in [0.1, 0.15) is 6.54 Å². The second-order valence-corrected chi connectivity index (χ2v) is 6.10. The van der Waals surface area contributed by atoms with Crippen molar-refractivity contribution in [3.63, 3.8) is 0 Å². The molecule has 0 atom stereocenters. The SMILES string of the molecule is CN(C(=O)Cn1ccc2ccccc21)c1ccc(-c2ccccc2)nn1. The number of nitrogens with zero attached hydrogens (tertiary/aromatic N) is 4. The molecule has 0 aliphatic carbocycles. The maximum atomic E-state index is 12.6. The van der Waals surface area contributed by atoms with Crippen LogP contribution in [-0.4, -0.2) is 27.7 Å². The molecule has 0 unspecified atom stereocenters. The van der Waals surface area contributed by atoms with Gasteiger partial charge in [0.15, 0.2) is 5.82 Å². The summed E-state index contributed by atoms with van der Waals surface area (Å²) in [5.41, 5.74) is 2.82. The normalized spacial score (nSPS) is 10.8. The number of anilines is 1. The van der Waals surface area contributed by atoms with Crippen molar-refractivity contribution in [3.8, 4) is 11.3 Å². The van der Waals surface area contributed by atoms with Gasteiger partial charge in [-0.15, -0.1) is 10.2 Å². The van der Waals surface area contributed by atoms with Gasteiger partial charge in [-0.2, -0.15) is 0 Å². The predicted octanol–water partition coefficient (Wildman–Crippen LogP) is 3.76. The summed E-state index contributed by atoms with van der Waals surface area (Å²) in [4.78, 5) is 14.2. The third-order valence-electron chi connectivity index (χ3n) is 4.42. The summed E-state index contributed by atoms with van der Waals surface area (Å²) in [6.45, 7) is 0.256. The van der Waals surface area contributed by atoms with Crippen LogP contribution in [0.4, 0.5) is 5.82 Å². The van der Waals surface area contributed by atoms with E-state index in [4.69, 9.17) is 0 Å². The number of likely N-dealkylation sites (N-methyl/N-ethyl adjacent to an activating group) is 1. The van der Waals surface area contributed by atoms with Gasteiger partial charge < -0.3 is 4.57 Å². The summed E-state index contributed by atoms with van der Waals surface area (Å²) >= 11 is 0. The van der Waals surface area contributed by atoms with Gasteiger partial charge in [0.25, 0.3) is 0 Å². The summed E-state index contributed by atoms with van der Waals surface area (Å²) in [7, 11) is 1.72. The first kappa shape index (κ1) is 16.0. The van der Waals surface area contributed by atoms with Crippen LogP contribution in [0.3, 0.4) is 0 Å². The molecule has 2 heterocycles. The minimum Gasteiger partial charge on any atom is -0.338 e. The van der Waals surface area contributed by atoms with Gasteiger partial charge >= 0.3 is 0 Å². The van der Waals surface area contributed by atoms with Crippen molar-refractivity contribution >= 4 is 22.6 Å². The van der Waals surface area contributed by atoms with Crippen molar-refractivity contribution in [3.05, 3.63) is 79.0 Å². The molecule has 0 aliphatic rings. The molecule has 5 heteroatoms. The van der Waals surface area contributed by atoms with E-state index in [1.54, 1.807) is 7.05 Å². The number of hydrogen-bond acceptors (Lipinski definition) is 3. The Hall–Kier alpha value is -3.47. The standard InChI is InChI=1S/C21H18N4O/c1-24(20-12-11-18(22-23-20)16-7-3-2-4-8-16)21(26)15-25-14-13-17-9-5-6-10-19(17)25/h2-14H,15H2,1H3. The van der Waals surface area contributed by atoms with Crippen molar-refractivity contribution < 1.29 is 4.79 Å². The molecule has 128 valence electrons. The zero-order valence-corrected chi connectivity index (χ0v) is 14.4. The fraction of sp³-hybridized carbons (Fsp3) is 0.0952. The van der Waals surface area contributed by atoms with Crippen LogP contribution in [0.5, 0.6) is 0 Å². The first-order valence-electron chi connectivity index (χ1n) is 8.42. The summed E-state index contributed by atoms with van der Waals surface area (Å²) in [6.07, 6.45) is 1.93. The Labute approximate surface area is 151 Å². The molecule has 2 aromatic carbocycles. The molecule has 0 aliphatic heterocycles. The Bertz CT molecular complexity index is 1040. The smallest absolute Gasteiger partial charge is 0.247 e. The highest BCUT2D eigenvalue weighted by Gasteiger charge is 2.14. The largest absolute Gasteiger partial charge is 0.338 e. The summed E-state index contributed by atoms with van der Waals surface area (Å²) in [6, 6.07) is 23.6. The lowest BCUT2D eigenvalue weighted by Gasteiger charge is -2.16. The van der Waals surface area contributed by atoms with Crippen LogP contribution in [0, 0.1) is 0 Å². The van der Waals surface area contributed by atoms with Crippen LogP contribution < -0.4 is 4.90 Å².